The lowest BCUT2D eigenvalue weighted by Crippen LogP contribution is -1.99. The quantitative estimate of drug-likeness (QED) is 0.754. The van der Waals surface area contributed by atoms with Gasteiger partial charge in [0.05, 0.1) is 5.56 Å². The Kier molecular flexibility index (Phi) is 2.32. The van der Waals surface area contributed by atoms with Crippen molar-refractivity contribution in [2.75, 3.05) is 0 Å². The minimum absolute atomic E-state index is 0.259. The zero-order chi connectivity index (χ0) is 11.0. The van der Waals surface area contributed by atoms with Gasteiger partial charge < -0.3 is 5.11 Å². The SMILES string of the molecule is Cc1cnc(Cl)c2cccc(C(=O)O)c12. The maximum atomic E-state index is 11.0. The van der Waals surface area contributed by atoms with Crippen LogP contribution >= 0.6 is 11.6 Å². The summed E-state index contributed by atoms with van der Waals surface area (Å²) in [7, 11) is 0. The number of hydrogen-bond donors (Lipinski definition) is 1. The first-order valence-corrected chi connectivity index (χ1v) is 4.76. The van der Waals surface area contributed by atoms with Crippen LogP contribution in [0.1, 0.15) is 15.9 Å². The van der Waals surface area contributed by atoms with Gasteiger partial charge in [-0.3, -0.25) is 0 Å². The van der Waals surface area contributed by atoms with E-state index in [4.69, 9.17) is 16.7 Å². The van der Waals surface area contributed by atoms with Gasteiger partial charge in [0, 0.05) is 17.0 Å². The number of halogens is 1. The molecule has 0 saturated carbocycles. The van der Waals surface area contributed by atoms with E-state index in [1.807, 2.05) is 6.92 Å². The summed E-state index contributed by atoms with van der Waals surface area (Å²) in [6.07, 6.45) is 1.58. The molecular weight excluding hydrogens is 214 g/mol. The van der Waals surface area contributed by atoms with Crippen molar-refractivity contribution in [2.24, 2.45) is 0 Å². The second-order valence-electron chi connectivity index (χ2n) is 3.27. The molecule has 3 nitrogen and oxygen atoms in total. The second-order valence-corrected chi connectivity index (χ2v) is 3.62. The molecule has 0 amide bonds. The standard InChI is InChI=1S/C11H8ClNO2/c1-6-5-13-10(12)7-3-2-4-8(9(6)7)11(14)15/h2-5H,1H3,(H,14,15). The smallest absolute Gasteiger partial charge is 0.336 e. The molecule has 4 heteroatoms. The van der Waals surface area contributed by atoms with Crippen molar-refractivity contribution >= 4 is 28.3 Å². The average Bonchev–Trinajstić information content (AvgIpc) is 2.23. The molecule has 1 heterocycles. The molecule has 0 aliphatic carbocycles. The van der Waals surface area contributed by atoms with Gasteiger partial charge in [-0.15, -0.1) is 0 Å². The third kappa shape index (κ3) is 1.55. The Balaban J connectivity index is 2.96. The molecule has 0 aliphatic heterocycles. The Morgan fingerprint density at radius 2 is 2.20 bits per heavy atom. The van der Waals surface area contributed by atoms with Crippen molar-refractivity contribution in [3.8, 4) is 0 Å². The molecule has 0 fully saturated rings. The number of aromatic nitrogens is 1. The monoisotopic (exact) mass is 221 g/mol. The van der Waals surface area contributed by atoms with E-state index in [1.165, 1.54) is 0 Å². The normalized spacial score (nSPS) is 10.5. The lowest BCUT2D eigenvalue weighted by atomic mass is 10.0. The Morgan fingerprint density at radius 1 is 1.47 bits per heavy atom. The summed E-state index contributed by atoms with van der Waals surface area (Å²) in [5.74, 6) is -0.953. The van der Waals surface area contributed by atoms with Crippen LogP contribution in [-0.2, 0) is 0 Å². The first kappa shape index (κ1) is 9.93. The highest BCUT2D eigenvalue weighted by Gasteiger charge is 2.12. The van der Waals surface area contributed by atoms with Crippen LogP contribution in [0.4, 0.5) is 0 Å². The zero-order valence-electron chi connectivity index (χ0n) is 7.99. The number of fused-ring (bicyclic) bond motifs is 1. The van der Waals surface area contributed by atoms with Gasteiger partial charge in [0.1, 0.15) is 5.15 Å². The summed E-state index contributed by atoms with van der Waals surface area (Å²) in [6, 6.07) is 5.00. The van der Waals surface area contributed by atoms with Crippen molar-refractivity contribution in [1.29, 1.82) is 0 Å². The minimum Gasteiger partial charge on any atom is -0.478 e. The minimum atomic E-state index is -0.953. The number of nitrogens with zero attached hydrogens (tertiary/aromatic N) is 1. The molecule has 0 bridgehead atoms. The van der Waals surface area contributed by atoms with Crippen molar-refractivity contribution in [1.82, 2.24) is 4.98 Å². The zero-order valence-corrected chi connectivity index (χ0v) is 8.75. The second kappa shape index (κ2) is 3.51. The maximum Gasteiger partial charge on any atom is 0.336 e. The number of benzene rings is 1. The highest BCUT2D eigenvalue weighted by atomic mass is 35.5. The number of pyridine rings is 1. The van der Waals surface area contributed by atoms with E-state index in [-0.39, 0.29) is 5.56 Å². The van der Waals surface area contributed by atoms with Crippen LogP contribution in [0.15, 0.2) is 24.4 Å². The van der Waals surface area contributed by atoms with E-state index in [0.717, 1.165) is 5.56 Å². The maximum absolute atomic E-state index is 11.0. The van der Waals surface area contributed by atoms with Crippen LogP contribution in [0, 0.1) is 6.92 Å². The van der Waals surface area contributed by atoms with Gasteiger partial charge in [-0.25, -0.2) is 9.78 Å². The number of carboxylic acid groups (broad SMARTS) is 1. The Hall–Kier alpha value is -1.61. The topological polar surface area (TPSA) is 50.2 Å². The van der Waals surface area contributed by atoms with Crippen LogP contribution in [0.2, 0.25) is 5.15 Å². The molecule has 0 unspecified atom stereocenters. The number of carbonyl (C=O) groups is 1. The lowest BCUT2D eigenvalue weighted by molar-refractivity contribution is 0.0699. The predicted octanol–water partition coefficient (Wildman–Crippen LogP) is 2.89. The molecule has 1 aromatic carbocycles. The van der Waals surface area contributed by atoms with E-state index < -0.39 is 5.97 Å². The van der Waals surface area contributed by atoms with Crippen LogP contribution < -0.4 is 0 Å². The Labute approximate surface area is 91.3 Å². The fourth-order valence-corrected chi connectivity index (χ4v) is 1.82. The van der Waals surface area contributed by atoms with Gasteiger partial charge in [0.25, 0.3) is 0 Å². The molecule has 0 saturated heterocycles. The fourth-order valence-electron chi connectivity index (χ4n) is 1.61. The molecule has 1 aromatic heterocycles. The van der Waals surface area contributed by atoms with Crippen LogP contribution in [0.25, 0.3) is 10.8 Å². The Morgan fingerprint density at radius 3 is 2.87 bits per heavy atom. The van der Waals surface area contributed by atoms with Crippen molar-refractivity contribution in [3.05, 3.63) is 40.7 Å². The molecule has 76 valence electrons. The van der Waals surface area contributed by atoms with E-state index in [1.54, 1.807) is 24.4 Å². The van der Waals surface area contributed by atoms with Crippen molar-refractivity contribution in [3.63, 3.8) is 0 Å². The molecule has 0 atom stereocenters. The summed E-state index contributed by atoms with van der Waals surface area (Å²) < 4.78 is 0. The van der Waals surface area contributed by atoms with Gasteiger partial charge in [0.15, 0.2) is 0 Å². The molecule has 0 radical (unpaired) electrons. The number of aryl methyl sites for hydroxylation is 1. The highest BCUT2D eigenvalue weighted by molar-refractivity contribution is 6.34. The summed E-state index contributed by atoms with van der Waals surface area (Å²) >= 11 is 5.90. The van der Waals surface area contributed by atoms with Gasteiger partial charge in [-0.2, -0.15) is 0 Å². The van der Waals surface area contributed by atoms with Crippen molar-refractivity contribution in [2.45, 2.75) is 6.92 Å². The largest absolute Gasteiger partial charge is 0.478 e. The number of hydrogen-bond acceptors (Lipinski definition) is 2. The summed E-state index contributed by atoms with van der Waals surface area (Å²) in [4.78, 5) is 15.0. The van der Waals surface area contributed by atoms with Gasteiger partial charge in [0.2, 0.25) is 0 Å². The Bertz CT molecular complexity index is 552. The number of carboxylic acids is 1. The molecule has 2 rings (SSSR count). The fraction of sp³-hybridized carbons (Fsp3) is 0.0909. The van der Waals surface area contributed by atoms with Gasteiger partial charge >= 0.3 is 5.97 Å². The van der Waals surface area contributed by atoms with E-state index in [9.17, 15) is 4.79 Å². The summed E-state index contributed by atoms with van der Waals surface area (Å²) in [5.41, 5.74) is 1.07. The number of rotatable bonds is 1. The third-order valence-corrected chi connectivity index (χ3v) is 2.58. The molecule has 1 N–H and O–H groups in total. The molecule has 2 aromatic rings. The van der Waals surface area contributed by atoms with Gasteiger partial charge in [-0.1, -0.05) is 23.7 Å². The van der Waals surface area contributed by atoms with Crippen LogP contribution in [-0.4, -0.2) is 16.1 Å². The van der Waals surface area contributed by atoms with E-state index in [0.29, 0.717) is 15.9 Å². The van der Waals surface area contributed by atoms with E-state index >= 15 is 0 Å². The van der Waals surface area contributed by atoms with E-state index in [2.05, 4.69) is 4.98 Å². The third-order valence-electron chi connectivity index (χ3n) is 2.28. The molecular formula is C11H8ClNO2. The highest BCUT2D eigenvalue weighted by Crippen LogP contribution is 2.27. The lowest BCUT2D eigenvalue weighted by Gasteiger charge is -2.06. The summed E-state index contributed by atoms with van der Waals surface area (Å²) in [5, 5.41) is 10.7. The average molecular weight is 222 g/mol. The number of aromatic carboxylic acids is 1. The van der Waals surface area contributed by atoms with Crippen LogP contribution in [0.5, 0.6) is 0 Å². The van der Waals surface area contributed by atoms with Crippen molar-refractivity contribution < 1.29 is 9.90 Å². The first-order valence-electron chi connectivity index (χ1n) is 4.38. The molecule has 0 aliphatic rings. The first-order chi connectivity index (χ1) is 7.11. The molecule has 15 heavy (non-hydrogen) atoms. The van der Waals surface area contributed by atoms with Gasteiger partial charge in [-0.05, 0) is 18.6 Å². The summed E-state index contributed by atoms with van der Waals surface area (Å²) in [6.45, 7) is 1.82. The predicted molar refractivity (Wildman–Crippen MR) is 58.4 cm³/mol. The molecule has 0 spiro atoms. The van der Waals surface area contributed by atoms with Crippen LogP contribution in [0.3, 0.4) is 0 Å².